The number of hydrogen-bond acceptors (Lipinski definition) is 6. The smallest absolute Gasteiger partial charge is 0.423 e. The predicted molar refractivity (Wildman–Crippen MR) is 129 cm³/mol. The van der Waals surface area contributed by atoms with Crippen LogP contribution in [0.5, 0.6) is 0 Å². The normalized spacial score (nSPS) is 9.56. The highest BCUT2D eigenvalue weighted by molar-refractivity contribution is 9.10. The second-order valence-corrected chi connectivity index (χ2v) is 7.37. The molecule has 0 radical (unpaired) electrons. The molecule has 0 unspecified atom stereocenters. The molecule has 0 aliphatic carbocycles. The number of hydrogen-bond donors (Lipinski definition) is 2. The van der Waals surface area contributed by atoms with Gasteiger partial charge in [0.15, 0.2) is 0 Å². The minimum atomic E-state index is -1.51. The number of pyridine rings is 2. The molecule has 4 aromatic rings. The Morgan fingerprint density at radius 1 is 0.735 bits per heavy atom. The van der Waals surface area contributed by atoms with Gasteiger partial charge in [-0.25, -0.2) is 13.8 Å². The Morgan fingerprint density at radius 3 is 1.71 bits per heavy atom. The number of nitrogens with zero attached hydrogens (tertiary/aromatic N) is 2. The number of benzene rings is 2. The summed E-state index contributed by atoms with van der Waals surface area (Å²) in [5.74, 6) is -0.672. The Balaban J connectivity index is 0.000000189. The first-order valence-corrected chi connectivity index (χ1v) is 10.5. The highest BCUT2D eigenvalue weighted by Crippen LogP contribution is 2.17. The molecule has 172 valence electrons. The monoisotopic (exact) mass is 526 g/mol. The van der Waals surface area contributed by atoms with Gasteiger partial charge >= 0.3 is 7.12 Å². The van der Waals surface area contributed by atoms with Crippen LogP contribution in [0.15, 0.2) is 89.8 Å². The minimum absolute atomic E-state index is 0.287. The largest absolute Gasteiger partial charge is 0.488 e. The van der Waals surface area contributed by atoms with Crippen LogP contribution >= 0.6 is 15.9 Å². The van der Waals surface area contributed by atoms with Crippen LogP contribution in [0.25, 0.3) is 11.3 Å². The van der Waals surface area contributed by atoms with Crippen molar-refractivity contribution in [1.29, 1.82) is 0 Å². The lowest BCUT2D eigenvalue weighted by Gasteiger charge is -2.00. The van der Waals surface area contributed by atoms with E-state index in [2.05, 4.69) is 25.9 Å². The molecule has 0 aliphatic heterocycles. The topological polar surface area (TPSA) is 100 Å². The van der Waals surface area contributed by atoms with Crippen molar-refractivity contribution in [1.82, 2.24) is 9.97 Å². The zero-order valence-corrected chi connectivity index (χ0v) is 19.1. The minimum Gasteiger partial charge on any atom is -0.423 e. The van der Waals surface area contributed by atoms with E-state index < -0.39 is 7.12 Å². The third kappa shape index (κ3) is 9.10. The maximum Gasteiger partial charge on any atom is 0.488 e. The summed E-state index contributed by atoms with van der Waals surface area (Å²) in [6.07, 6.45) is 4.68. The molecule has 10 heteroatoms. The molecule has 2 aromatic carbocycles. The second-order valence-electron chi connectivity index (χ2n) is 6.55. The van der Waals surface area contributed by atoms with Crippen molar-refractivity contribution in [2.24, 2.45) is 0 Å². The number of halogens is 3. The average Bonchev–Trinajstić information content (AvgIpc) is 2.85. The highest BCUT2D eigenvalue weighted by atomic mass is 79.9. The van der Waals surface area contributed by atoms with Crippen molar-refractivity contribution in [2.45, 2.75) is 0 Å². The molecule has 6 nitrogen and oxygen atoms in total. The van der Waals surface area contributed by atoms with Gasteiger partial charge < -0.3 is 10.0 Å². The van der Waals surface area contributed by atoms with E-state index in [4.69, 9.17) is 10.0 Å². The van der Waals surface area contributed by atoms with Gasteiger partial charge in [0.2, 0.25) is 0 Å². The zero-order valence-electron chi connectivity index (χ0n) is 17.6. The lowest BCUT2D eigenvalue weighted by Crippen LogP contribution is -2.29. The standard InChI is InChI=1S/C12H8FNO.C6H6BFO2.C6H4BrNO/c13-11-3-1-10(2-4-11)12-7-9(8-15)5-6-14-12;8-6-3-1-5(2-4-6)7(9)10;7-6-3-5(4-9)1-2-8-6/h1-8H;1-4,9-10H;1-4H. The van der Waals surface area contributed by atoms with E-state index in [9.17, 15) is 18.4 Å². The summed E-state index contributed by atoms with van der Waals surface area (Å²) in [6, 6.07) is 17.6. The molecule has 2 heterocycles. The van der Waals surface area contributed by atoms with Crippen molar-refractivity contribution in [3.05, 3.63) is 113 Å². The lowest BCUT2D eigenvalue weighted by molar-refractivity contribution is 0.111. The molecule has 0 atom stereocenters. The van der Waals surface area contributed by atoms with Crippen molar-refractivity contribution in [2.75, 3.05) is 0 Å². The quantitative estimate of drug-likeness (QED) is 0.238. The summed E-state index contributed by atoms with van der Waals surface area (Å²) in [5, 5.41) is 17.1. The van der Waals surface area contributed by atoms with Crippen LogP contribution < -0.4 is 5.46 Å². The molecule has 0 fully saturated rings. The van der Waals surface area contributed by atoms with Crippen LogP contribution in [-0.2, 0) is 0 Å². The molecular weight excluding hydrogens is 509 g/mol. The zero-order chi connectivity index (χ0) is 24.9. The maximum atomic E-state index is 12.7. The van der Waals surface area contributed by atoms with Gasteiger partial charge in [-0.15, -0.1) is 0 Å². The number of aromatic nitrogens is 2. The third-order valence-corrected chi connectivity index (χ3v) is 4.55. The summed E-state index contributed by atoms with van der Waals surface area (Å²) in [4.78, 5) is 28.6. The predicted octanol–water partition coefficient (Wildman–Crippen LogP) is 3.86. The third-order valence-electron chi connectivity index (χ3n) is 4.11. The summed E-state index contributed by atoms with van der Waals surface area (Å²) in [5.41, 5.74) is 2.95. The number of carbonyl (C=O) groups excluding carboxylic acids is 2. The van der Waals surface area contributed by atoms with Gasteiger partial charge in [-0.1, -0.05) is 12.1 Å². The van der Waals surface area contributed by atoms with E-state index in [1.54, 1.807) is 48.8 Å². The van der Waals surface area contributed by atoms with E-state index in [-0.39, 0.29) is 11.6 Å². The number of rotatable bonds is 4. The second kappa shape index (κ2) is 13.8. The van der Waals surface area contributed by atoms with Crippen molar-refractivity contribution >= 4 is 41.1 Å². The van der Waals surface area contributed by atoms with E-state index in [0.717, 1.165) is 18.1 Å². The van der Waals surface area contributed by atoms with Crippen LogP contribution in [0, 0.1) is 11.6 Å². The van der Waals surface area contributed by atoms with Gasteiger partial charge in [0.1, 0.15) is 28.8 Å². The number of carbonyl (C=O) groups is 2. The molecule has 0 saturated heterocycles. The summed E-state index contributed by atoms with van der Waals surface area (Å²) in [7, 11) is -1.51. The fourth-order valence-electron chi connectivity index (χ4n) is 2.42. The van der Waals surface area contributed by atoms with Crippen molar-refractivity contribution in [3.8, 4) is 11.3 Å². The Hall–Kier alpha value is -3.60. The molecule has 0 amide bonds. The van der Waals surface area contributed by atoms with Crippen LogP contribution in [0.3, 0.4) is 0 Å². The van der Waals surface area contributed by atoms with E-state index >= 15 is 0 Å². The first-order chi connectivity index (χ1) is 16.3. The van der Waals surface area contributed by atoms with Crippen LogP contribution in [-0.4, -0.2) is 39.7 Å². The average molecular weight is 527 g/mol. The van der Waals surface area contributed by atoms with E-state index in [0.29, 0.717) is 26.9 Å². The van der Waals surface area contributed by atoms with Gasteiger partial charge in [-0.05, 0) is 82.1 Å². The van der Waals surface area contributed by atoms with Crippen LogP contribution in [0.4, 0.5) is 8.78 Å². The molecule has 0 spiro atoms. The van der Waals surface area contributed by atoms with Crippen LogP contribution in [0.2, 0.25) is 0 Å². The summed E-state index contributed by atoms with van der Waals surface area (Å²) >= 11 is 3.13. The fourth-order valence-corrected chi connectivity index (χ4v) is 2.81. The van der Waals surface area contributed by atoms with Gasteiger partial charge in [-0.3, -0.25) is 14.6 Å². The van der Waals surface area contributed by atoms with E-state index in [1.807, 2.05) is 0 Å². The molecule has 2 aromatic heterocycles. The maximum absolute atomic E-state index is 12.7. The highest BCUT2D eigenvalue weighted by Gasteiger charge is 2.09. The van der Waals surface area contributed by atoms with Gasteiger partial charge in [0, 0.05) is 29.1 Å². The molecule has 0 aliphatic rings. The van der Waals surface area contributed by atoms with Crippen molar-refractivity contribution < 1.29 is 28.4 Å². The van der Waals surface area contributed by atoms with Crippen molar-refractivity contribution in [3.63, 3.8) is 0 Å². The molecule has 2 N–H and O–H groups in total. The Labute approximate surface area is 203 Å². The lowest BCUT2D eigenvalue weighted by atomic mass is 9.80. The Bertz CT molecular complexity index is 1210. The van der Waals surface area contributed by atoms with Gasteiger partial charge in [0.25, 0.3) is 0 Å². The van der Waals surface area contributed by atoms with Crippen LogP contribution in [0.1, 0.15) is 20.7 Å². The first kappa shape index (κ1) is 26.7. The Kier molecular flexibility index (Phi) is 10.8. The summed E-state index contributed by atoms with van der Waals surface area (Å²) in [6.45, 7) is 0. The fraction of sp³-hybridized carbons (Fsp3) is 0. The summed E-state index contributed by atoms with van der Waals surface area (Å²) < 4.78 is 25.5. The molecule has 0 saturated carbocycles. The molecule has 4 rings (SSSR count). The first-order valence-electron chi connectivity index (χ1n) is 9.68. The SMILES string of the molecule is O=Cc1ccnc(-c2ccc(F)cc2)c1.O=Cc1ccnc(Br)c1.OB(O)c1ccc(F)cc1. The molecule has 0 bridgehead atoms. The molecular formula is C24H18BBrF2N2O4. The number of aldehydes is 2. The van der Waals surface area contributed by atoms with Gasteiger partial charge in [0.05, 0.1) is 5.69 Å². The Morgan fingerprint density at radius 2 is 1.24 bits per heavy atom. The van der Waals surface area contributed by atoms with E-state index in [1.165, 1.54) is 36.4 Å². The molecule has 34 heavy (non-hydrogen) atoms. The van der Waals surface area contributed by atoms with Gasteiger partial charge in [-0.2, -0.15) is 0 Å².